The maximum atomic E-state index is 2.92. The summed E-state index contributed by atoms with van der Waals surface area (Å²) in [5.74, 6) is 0.631. The van der Waals surface area contributed by atoms with Gasteiger partial charge in [-0.05, 0) is 29.5 Å². The summed E-state index contributed by atoms with van der Waals surface area (Å²) in [5, 5.41) is 1.58. The van der Waals surface area contributed by atoms with Gasteiger partial charge in [-0.15, -0.1) is 0 Å². The van der Waals surface area contributed by atoms with Gasteiger partial charge in [0.1, 0.15) is 0 Å². The van der Waals surface area contributed by atoms with Crippen LogP contribution in [0.15, 0.2) is 53.8 Å². The second kappa shape index (κ2) is 7.52. The molecule has 1 fully saturated rings. The largest absolute Gasteiger partial charge is 0.396 e. The topological polar surface area (TPSA) is 3.24 Å². The Morgan fingerprint density at radius 2 is 1.74 bits per heavy atom. The van der Waals surface area contributed by atoms with Crippen LogP contribution in [0, 0.1) is 5.92 Å². The standard InChI is InChI=1S/C21H31NSi/c1-17(2)20-15-10-16-21(20)22(18-11-6-4-7-12-18)23(3)19-13-8-5-9-14-19/h5,8-10,13-15,17-18,23H,4,6-7,11-12,16H2,1-3H3. The minimum atomic E-state index is -1.15. The van der Waals surface area contributed by atoms with E-state index < -0.39 is 8.96 Å². The first-order valence-electron chi connectivity index (χ1n) is 9.41. The quantitative estimate of drug-likeness (QED) is 0.706. The molecule has 0 aliphatic heterocycles. The van der Waals surface area contributed by atoms with Gasteiger partial charge in [-0.2, -0.15) is 0 Å². The van der Waals surface area contributed by atoms with Gasteiger partial charge >= 0.3 is 0 Å². The third-order valence-electron chi connectivity index (χ3n) is 5.54. The second-order valence-corrected chi connectivity index (χ2v) is 10.0. The van der Waals surface area contributed by atoms with Crippen LogP contribution in [0.25, 0.3) is 0 Å². The molecule has 1 unspecified atom stereocenters. The molecule has 2 aliphatic rings. The number of nitrogens with zero attached hydrogens (tertiary/aromatic N) is 1. The lowest BCUT2D eigenvalue weighted by Crippen LogP contribution is -2.51. The van der Waals surface area contributed by atoms with Gasteiger partial charge in [0.05, 0.1) is 0 Å². The molecule has 2 heteroatoms. The van der Waals surface area contributed by atoms with E-state index in [4.69, 9.17) is 0 Å². The van der Waals surface area contributed by atoms with Gasteiger partial charge in [0.15, 0.2) is 8.96 Å². The van der Waals surface area contributed by atoms with E-state index in [-0.39, 0.29) is 0 Å². The fourth-order valence-corrected chi connectivity index (χ4v) is 7.07. The van der Waals surface area contributed by atoms with E-state index in [1.807, 2.05) is 0 Å². The van der Waals surface area contributed by atoms with Crippen LogP contribution in [0.5, 0.6) is 0 Å². The number of allylic oxidation sites excluding steroid dienone is 3. The predicted molar refractivity (Wildman–Crippen MR) is 103 cm³/mol. The van der Waals surface area contributed by atoms with Gasteiger partial charge in [0, 0.05) is 18.2 Å². The molecule has 23 heavy (non-hydrogen) atoms. The summed E-state index contributed by atoms with van der Waals surface area (Å²) >= 11 is 0. The predicted octanol–water partition coefficient (Wildman–Crippen LogP) is 4.75. The Bertz CT molecular complexity index is 567. The average molecular weight is 326 g/mol. The molecule has 1 nitrogen and oxygen atoms in total. The molecule has 0 N–H and O–H groups in total. The van der Waals surface area contributed by atoms with E-state index in [1.165, 1.54) is 32.1 Å². The Hall–Kier alpha value is -1.28. The van der Waals surface area contributed by atoms with Crippen LogP contribution in [-0.4, -0.2) is 19.6 Å². The highest BCUT2D eigenvalue weighted by molar-refractivity contribution is 6.69. The van der Waals surface area contributed by atoms with Crippen molar-refractivity contribution in [3.63, 3.8) is 0 Å². The highest BCUT2D eigenvalue weighted by atomic mass is 28.3. The first-order valence-corrected chi connectivity index (χ1v) is 11.7. The summed E-state index contributed by atoms with van der Waals surface area (Å²) in [6.07, 6.45) is 12.9. The number of benzene rings is 1. The summed E-state index contributed by atoms with van der Waals surface area (Å²) < 4.78 is 2.92. The van der Waals surface area contributed by atoms with Crippen molar-refractivity contribution >= 4 is 14.1 Å². The molecule has 0 saturated heterocycles. The first kappa shape index (κ1) is 16.6. The fourth-order valence-electron chi connectivity index (χ4n) is 4.31. The van der Waals surface area contributed by atoms with Gasteiger partial charge in [-0.1, -0.05) is 82.1 Å². The summed E-state index contributed by atoms with van der Waals surface area (Å²) in [6, 6.07) is 12.0. The van der Waals surface area contributed by atoms with Crippen molar-refractivity contribution in [3.8, 4) is 0 Å². The molecule has 2 aliphatic carbocycles. The molecule has 124 valence electrons. The van der Waals surface area contributed by atoms with Crippen molar-refractivity contribution in [2.75, 3.05) is 0 Å². The van der Waals surface area contributed by atoms with Crippen LogP contribution in [0.2, 0.25) is 6.55 Å². The van der Waals surface area contributed by atoms with Crippen molar-refractivity contribution in [3.05, 3.63) is 53.8 Å². The van der Waals surface area contributed by atoms with E-state index in [1.54, 1.807) is 16.5 Å². The summed E-state index contributed by atoms with van der Waals surface area (Å²) in [4.78, 5) is 0. The molecule has 1 aromatic rings. The van der Waals surface area contributed by atoms with Crippen molar-refractivity contribution in [2.24, 2.45) is 5.92 Å². The van der Waals surface area contributed by atoms with E-state index in [0.717, 1.165) is 12.5 Å². The summed E-state index contributed by atoms with van der Waals surface area (Å²) in [6.45, 7) is 7.23. The molecular formula is C21H31NSi. The molecule has 0 bridgehead atoms. The third-order valence-corrected chi connectivity index (χ3v) is 8.46. The second-order valence-electron chi connectivity index (χ2n) is 7.45. The highest BCUT2D eigenvalue weighted by Gasteiger charge is 2.31. The molecule has 0 amide bonds. The zero-order valence-corrected chi connectivity index (χ0v) is 16.1. The van der Waals surface area contributed by atoms with Crippen LogP contribution in [0.3, 0.4) is 0 Å². The van der Waals surface area contributed by atoms with E-state index in [0.29, 0.717) is 5.92 Å². The lowest BCUT2D eigenvalue weighted by molar-refractivity contribution is 0.289. The van der Waals surface area contributed by atoms with Gasteiger partial charge in [-0.3, -0.25) is 0 Å². The monoisotopic (exact) mass is 325 g/mol. The lowest BCUT2D eigenvalue weighted by Gasteiger charge is -2.42. The highest BCUT2D eigenvalue weighted by Crippen LogP contribution is 2.34. The maximum absolute atomic E-state index is 2.92. The van der Waals surface area contributed by atoms with Gasteiger partial charge < -0.3 is 4.57 Å². The Kier molecular flexibility index (Phi) is 5.42. The maximum Gasteiger partial charge on any atom is 0.168 e. The number of hydrogen-bond donors (Lipinski definition) is 0. The van der Waals surface area contributed by atoms with Gasteiger partial charge in [-0.25, -0.2) is 0 Å². The number of rotatable bonds is 5. The molecule has 1 atom stereocenters. The molecule has 1 aromatic carbocycles. The third kappa shape index (κ3) is 3.63. The zero-order valence-electron chi connectivity index (χ0n) is 15.0. The Morgan fingerprint density at radius 1 is 1.04 bits per heavy atom. The van der Waals surface area contributed by atoms with Gasteiger partial charge in [0.25, 0.3) is 0 Å². The van der Waals surface area contributed by atoms with Crippen molar-refractivity contribution < 1.29 is 0 Å². The Morgan fingerprint density at radius 3 is 2.39 bits per heavy atom. The van der Waals surface area contributed by atoms with Crippen molar-refractivity contribution in [2.45, 2.75) is 65.0 Å². The lowest BCUT2D eigenvalue weighted by atomic mass is 9.94. The molecule has 0 heterocycles. The van der Waals surface area contributed by atoms with Crippen molar-refractivity contribution in [1.29, 1.82) is 0 Å². The molecule has 0 spiro atoms. The minimum absolute atomic E-state index is 0.631. The molecule has 0 aromatic heterocycles. The van der Waals surface area contributed by atoms with Gasteiger partial charge in [0.2, 0.25) is 0 Å². The first-order chi connectivity index (χ1) is 11.2. The van der Waals surface area contributed by atoms with Crippen LogP contribution in [-0.2, 0) is 0 Å². The van der Waals surface area contributed by atoms with Crippen LogP contribution >= 0.6 is 0 Å². The molecular weight excluding hydrogens is 294 g/mol. The number of hydrogen-bond acceptors (Lipinski definition) is 1. The SMILES string of the molecule is CC(C)C1=C(N(C2CCCCC2)[SiH](C)c2ccccc2)CC=C1. The zero-order chi connectivity index (χ0) is 16.2. The summed E-state index contributed by atoms with van der Waals surface area (Å²) in [7, 11) is -1.15. The Balaban J connectivity index is 1.95. The molecule has 3 rings (SSSR count). The van der Waals surface area contributed by atoms with Crippen LogP contribution in [0.4, 0.5) is 0 Å². The van der Waals surface area contributed by atoms with Crippen molar-refractivity contribution in [1.82, 2.24) is 4.57 Å². The normalized spacial score (nSPS) is 20.3. The average Bonchev–Trinajstić information content (AvgIpc) is 3.06. The van der Waals surface area contributed by atoms with E-state index >= 15 is 0 Å². The van der Waals surface area contributed by atoms with Crippen LogP contribution < -0.4 is 5.19 Å². The summed E-state index contributed by atoms with van der Waals surface area (Å²) in [5.41, 5.74) is 3.24. The minimum Gasteiger partial charge on any atom is -0.396 e. The molecule has 1 saturated carbocycles. The fraction of sp³-hybridized carbons (Fsp3) is 0.524. The van der Waals surface area contributed by atoms with E-state index in [9.17, 15) is 0 Å². The Labute approximate surface area is 143 Å². The smallest absolute Gasteiger partial charge is 0.168 e. The van der Waals surface area contributed by atoms with E-state index in [2.05, 4.69) is 67.4 Å². The molecule has 0 radical (unpaired) electrons. The van der Waals surface area contributed by atoms with Crippen LogP contribution in [0.1, 0.15) is 52.4 Å².